The molecule has 2 aromatic rings. The van der Waals surface area contributed by atoms with Gasteiger partial charge in [0.1, 0.15) is 5.01 Å². The topological polar surface area (TPSA) is 73.1 Å². The molecule has 0 spiro atoms. The summed E-state index contributed by atoms with van der Waals surface area (Å²) in [6.45, 7) is 0.616. The molecule has 2 rings (SSSR count). The van der Waals surface area contributed by atoms with E-state index in [9.17, 15) is 13.2 Å². The van der Waals surface area contributed by atoms with E-state index in [4.69, 9.17) is 5.26 Å². The second-order valence-electron chi connectivity index (χ2n) is 4.71. The van der Waals surface area contributed by atoms with Gasteiger partial charge in [-0.1, -0.05) is 12.1 Å². The van der Waals surface area contributed by atoms with E-state index in [0.29, 0.717) is 23.1 Å². The van der Waals surface area contributed by atoms with E-state index in [1.54, 1.807) is 19.2 Å². The summed E-state index contributed by atoms with van der Waals surface area (Å²) in [5.41, 5.74) is 0.640. The number of benzene rings is 1. The van der Waals surface area contributed by atoms with Crippen molar-refractivity contribution in [2.75, 3.05) is 7.05 Å². The fourth-order valence-electron chi connectivity index (χ4n) is 1.79. The maximum absolute atomic E-state index is 12.5. The monoisotopic (exact) mass is 353 g/mol. The van der Waals surface area contributed by atoms with Gasteiger partial charge >= 0.3 is 6.18 Å². The van der Waals surface area contributed by atoms with Crippen molar-refractivity contribution in [3.63, 3.8) is 0 Å². The summed E-state index contributed by atoms with van der Waals surface area (Å²) >= 11 is 0.940. The molecule has 24 heavy (non-hydrogen) atoms. The summed E-state index contributed by atoms with van der Waals surface area (Å²) in [5, 5.41) is 16.0. The lowest BCUT2D eigenvalue weighted by Gasteiger charge is -2.11. The molecule has 0 aliphatic carbocycles. The first-order valence-electron chi connectivity index (χ1n) is 6.87. The maximum atomic E-state index is 12.5. The fraction of sp³-hybridized carbons (Fsp3) is 0.267. The Morgan fingerprint density at radius 2 is 1.92 bits per heavy atom. The lowest BCUT2D eigenvalue weighted by atomic mass is 10.1. The number of rotatable bonds is 4. The van der Waals surface area contributed by atoms with Gasteiger partial charge in [-0.2, -0.15) is 18.4 Å². The molecule has 0 fully saturated rings. The van der Waals surface area contributed by atoms with Gasteiger partial charge in [-0.15, -0.1) is 11.3 Å². The van der Waals surface area contributed by atoms with Gasteiger partial charge in [0.15, 0.2) is 11.7 Å². The number of nitrogens with zero attached hydrogens (tertiary/aromatic N) is 3. The second kappa shape index (κ2) is 7.79. The van der Waals surface area contributed by atoms with Gasteiger partial charge < -0.3 is 10.6 Å². The zero-order valence-corrected chi connectivity index (χ0v) is 13.5. The number of nitrogens with one attached hydrogen (secondary N) is 2. The van der Waals surface area contributed by atoms with Crippen LogP contribution in [0.3, 0.4) is 0 Å². The molecule has 0 unspecified atom stereocenters. The Hall–Kier alpha value is -2.60. The molecular formula is C15H14F3N5S. The number of hydrogen-bond donors (Lipinski definition) is 2. The van der Waals surface area contributed by atoms with Gasteiger partial charge in [0.05, 0.1) is 18.2 Å². The summed E-state index contributed by atoms with van der Waals surface area (Å²) in [6, 6.07) is 9.09. The highest BCUT2D eigenvalue weighted by Gasteiger charge is 2.33. The molecule has 2 N–H and O–H groups in total. The third-order valence-corrected chi connectivity index (χ3v) is 3.86. The van der Waals surface area contributed by atoms with Gasteiger partial charge in [0.2, 0.25) is 0 Å². The average Bonchev–Trinajstić information content (AvgIpc) is 3.05. The van der Waals surface area contributed by atoms with Crippen LogP contribution in [-0.4, -0.2) is 18.0 Å². The highest BCUT2D eigenvalue weighted by atomic mass is 32.1. The molecule has 0 saturated carbocycles. The molecular weight excluding hydrogens is 339 g/mol. The quantitative estimate of drug-likeness (QED) is 0.655. The Balaban J connectivity index is 1.86. The van der Waals surface area contributed by atoms with Gasteiger partial charge in [-0.3, -0.25) is 4.99 Å². The average molecular weight is 353 g/mol. The molecule has 0 atom stereocenters. The highest BCUT2D eigenvalue weighted by molar-refractivity contribution is 7.09. The molecule has 0 bridgehead atoms. The lowest BCUT2D eigenvalue weighted by Crippen LogP contribution is -2.36. The predicted molar refractivity (Wildman–Crippen MR) is 85.3 cm³/mol. The number of alkyl halides is 3. The molecule has 9 heteroatoms. The van der Waals surface area contributed by atoms with Crippen molar-refractivity contribution in [3.05, 3.63) is 51.5 Å². The van der Waals surface area contributed by atoms with Gasteiger partial charge in [-0.05, 0) is 17.7 Å². The lowest BCUT2D eigenvalue weighted by molar-refractivity contribution is -0.140. The maximum Gasteiger partial charge on any atom is 0.434 e. The molecule has 126 valence electrons. The Morgan fingerprint density at radius 3 is 2.46 bits per heavy atom. The first-order valence-corrected chi connectivity index (χ1v) is 7.75. The molecule has 0 radical (unpaired) electrons. The van der Waals surface area contributed by atoms with E-state index in [1.165, 1.54) is 0 Å². The molecule has 5 nitrogen and oxygen atoms in total. The Bertz CT molecular complexity index is 744. The molecule has 0 aliphatic heterocycles. The minimum absolute atomic E-state index is 0.147. The number of halogens is 3. The van der Waals surface area contributed by atoms with Gasteiger partial charge in [-0.25, -0.2) is 4.98 Å². The van der Waals surface area contributed by atoms with Crippen LogP contribution >= 0.6 is 11.3 Å². The molecule has 0 saturated heterocycles. The number of aromatic nitrogens is 1. The van der Waals surface area contributed by atoms with Crippen LogP contribution in [0.25, 0.3) is 0 Å². The van der Waals surface area contributed by atoms with Crippen molar-refractivity contribution in [1.29, 1.82) is 5.26 Å². The third-order valence-electron chi connectivity index (χ3n) is 3.02. The van der Waals surface area contributed by atoms with Crippen LogP contribution in [0.2, 0.25) is 0 Å². The number of hydrogen-bond acceptors (Lipinski definition) is 4. The molecule has 0 amide bonds. The van der Waals surface area contributed by atoms with E-state index < -0.39 is 11.9 Å². The van der Waals surface area contributed by atoms with Crippen LogP contribution in [0.4, 0.5) is 13.2 Å². The van der Waals surface area contributed by atoms with Crippen LogP contribution in [0.1, 0.15) is 21.8 Å². The van der Waals surface area contributed by atoms with Gasteiger partial charge in [0.25, 0.3) is 0 Å². The van der Waals surface area contributed by atoms with E-state index in [-0.39, 0.29) is 6.54 Å². The summed E-state index contributed by atoms with van der Waals surface area (Å²) in [5.74, 6) is 0.447. The molecule has 1 aromatic heterocycles. The first kappa shape index (κ1) is 17.7. The normalized spacial score (nSPS) is 11.9. The van der Waals surface area contributed by atoms with Crippen molar-refractivity contribution in [2.45, 2.75) is 19.3 Å². The SMILES string of the molecule is CN=C(NCc1ccc(C#N)cc1)NCc1nc(C(F)(F)F)cs1. The van der Waals surface area contributed by atoms with Crippen molar-refractivity contribution >= 4 is 17.3 Å². The number of aliphatic imine (C=N–C) groups is 1. The van der Waals surface area contributed by atoms with Crippen molar-refractivity contribution in [2.24, 2.45) is 4.99 Å². The molecule has 1 aromatic carbocycles. The summed E-state index contributed by atoms with van der Waals surface area (Å²) in [6.07, 6.45) is -4.43. The largest absolute Gasteiger partial charge is 0.434 e. The Morgan fingerprint density at radius 1 is 1.25 bits per heavy atom. The van der Waals surface area contributed by atoms with Gasteiger partial charge in [0, 0.05) is 19.0 Å². The summed E-state index contributed by atoms with van der Waals surface area (Å²) in [7, 11) is 1.57. The van der Waals surface area contributed by atoms with Crippen molar-refractivity contribution in [3.8, 4) is 6.07 Å². The highest BCUT2D eigenvalue weighted by Crippen LogP contribution is 2.29. The van der Waals surface area contributed by atoms with E-state index in [2.05, 4.69) is 20.6 Å². The van der Waals surface area contributed by atoms with E-state index >= 15 is 0 Å². The van der Waals surface area contributed by atoms with Crippen LogP contribution in [0, 0.1) is 11.3 Å². The summed E-state index contributed by atoms with van der Waals surface area (Å²) in [4.78, 5) is 7.55. The standard InChI is InChI=1S/C15H14F3N5S/c1-20-14(21-7-11-4-2-10(6-19)3-5-11)22-8-13-23-12(9-24-13)15(16,17)18/h2-5,9H,7-8H2,1H3,(H2,20,21,22). The minimum Gasteiger partial charge on any atom is -0.352 e. The number of guanidine groups is 1. The van der Waals surface area contributed by atoms with Crippen LogP contribution in [-0.2, 0) is 19.3 Å². The fourth-order valence-corrected chi connectivity index (χ4v) is 2.53. The zero-order valence-electron chi connectivity index (χ0n) is 12.7. The van der Waals surface area contributed by atoms with Crippen LogP contribution in [0.15, 0.2) is 34.6 Å². The van der Waals surface area contributed by atoms with Crippen LogP contribution in [0.5, 0.6) is 0 Å². The summed E-state index contributed by atoms with van der Waals surface area (Å²) < 4.78 is 37.5. The van der Waals surface area contributed by atoms with Crippen LogP contribution < -0.4 is 10.6 Å². The number of thiazole rings is 1. The smallest absolute Gasteiger partial charge is 0.352 e. The van der Waals surface area contributed by atoms with Crippen molar-refractivity contribution < 1.29 is 13.2 Å². The third kappa shape index (κ3) is 4.96. The first-order chi connectivity index (χ1) is 11.4. The van der Waals surface area contributed by atoms with E-state index in [0.717, 1.165) is 22.3 Å². The molecule has 0 aliphatic rings. The Labute approximate surface area is 140 Å². The minimum atomic E-state index is -4.43. The zero-order chi connectivity index (χ0) is 17.6. The Kier molecular flexibility index (Phi) is 5.76. The molecule has 1 heterocycles. The predicted octanol–water partition coefficient (Wildman–Crippen LogP) is 2.90. The van der Waals surface area contributed by atoms with E-state index in [1.807, 2.05) is 18.2 Å². The number of nitriles is 1. The second-order valence-corrected chi connectivity index (χ2v) is 5.65. The van der Waals surface area contributed by atoms with Crippen molar-refractivity contribution in [1.82, 2.24) is 15.6 Å².